The van der Waals surface area contributed by atoms with Gasteiger partial charge in [0.05, 0.1) is 29.8 Å². The van der Waals surface area contributed by atoms with E-state index in [4.69, 9.17) is 9.47 Å². The van der Waals surface area contributed by atoms with Gasteiger partial charge >= 0.3 is 5.97 Å². The number of carbonyl (C=O) groups is 1. The summed E-state index contributed by atoms with van der Waals surface area (Å²) in [5.74, 6) is -0.527. The first-order valence-electron chi connectivity index (χ1n) is 8.26. The van der Waals surface area contributed by atoms with Gasteiger partial charge in [0, 0.05) is 18.4 Å². The number of methoxy groups -OCH3 is 1. The molecule has 1 saturated heterocycles. The number of sulfone groups is 1. The average molecular weight is 381 g/mol. The number of ether oxygens (including phenoxy) is 2. The normalized spacial score (nSPS) is 20.6. The Labute approximate surface area is 153 Å². The zero-order valence-corrected chi connectivity index (χ0v) is 16.2. The van der Waals surface area contributed by atoms with Crippen molar-refractivity contribution in [2.24, 2.45) is 0 Å². The second-order valence-electron chi connectivity index (χ2n) is 6.43. The number of aryl methyl sites for hydroxylation is 1. The molecule has 0 spiro atoms. The van der Waals surface area contributed by atoms with E-state index in [-0.39, 0.29) is 29.7 Å². The molecule has 0 unspecified atom stereocenters. The minimum Gasteiger partial charge on any atom is -0.456 e. The van der Waals surface area contributed by atoms with Gasteiger partial charge < -0.3 is 9.47 Å². The molecule has 142 valence electrons. The van der Waals surface area contributed by atoms with E-state index in [2.05, 4.69) is 5.10 Å². The van der Waals surface area contributed by atoms with Gasteiger partial charge in [0.15, 0.2) is 9.84 Å². The number of carbonyl (C=O) groups excluding carboxylic acids is 1. The number of nitriles is 1. The SMILES string of the molecule is COC[C@H](C)OC(=O)/C(C#N)=C/c1c(C)nn([C@H]2CCS(=O)(=O)C2)c1C. The Morgan fingerprint density at radius 1 is 1.50 bits per heavy atom. The highest BCUT2D eigenvalue weighted by molar-refractivity contribution is 7.91. The molecule has 0 radical (unpaired) electrons. The lowest BCUT2D eigenvalue weighted by Crippen LogP contribution is -2.20. The van der Waals surface area contributed by atoms with Crippen LogP contribution in [0.25, 0.3) is 6.08 Å². The van der Waals surface area contributed by atoms with Gasteiger partial charge in [0.2, 0.25) is 0 Å². The Morgan fingerprint density at radius 2 is 2.19 bits per heavy atom. The van der Waals surface area contributed by atoms with Gasteiger partial charge in [-0.25, -0.2) is 13.2 Å². The van der Waals surface area contributed by atoms with Crippen molar-refractivity contribution >= 4 is 21.9 Å². The highest BCUT2D eigenvalue weighted by atomic mass is 32.2. The van der Waals surface area contributed by atoms with Crippen molar-refractivity contribution < 1.29 is 22.7 Å². The van der Waals surface area contributed by atoms with E-state index < -0.39 is 21.9 Å². The lowest BCUT2D eigenvalue weighted by molar-refractivity contribution is -0.145. The van der Waals surface area contributed by atoms with Crippen LogP contribution in [-0.4, -0.2) is 55.5 Å². The van der Waals surface area contributed by atoms with Crippen LogP contribution in [0.5, 0.6) is 0 Å². The topological polar surface area (TPSA) is 111 Å². The number of aromatic nitrogens is 2. The molecule has 1 aliphatic rings. The summed E-state index contributed by atoms with van der Waals surface area (Å²) in [7, 11) is -1.54. The number of esters is 1. The number of hydrogen-bond acceptors (Lipinski definition) is 7. The third-order valence-electron chi connectivity index (χ3n) is 4.27. The number of rotatable bonds is 6. The van der Waals surface area contributed by atoms with E-state index in [0.29, 0.717) is 17.7 Å². The predicted molar refractivity (Wildman–Crippen MR) is 95.0 cm³/mol. The Morgan fingerprint density at radius 3 is 2.73 bits per heavy atom. The van der Waals surface area contributed by atoms with Crippen LogP contribution in [0.15, 0.2) is 5.57 Å². The molecule has 9 heteroatoms. The Kier molecular flexibility index (Phi) is 6.21. The zero-order chi connectivity index (χ0) is 19.5. The van der Waals surface area contributed by atoms with E-state index >= 15 is 0 Å². The summed E-state index contributed by atoms with van der Waals surface area (Å²) >= 11 is 0. The number of hydrogen-bond donors (Lipinski definition) is 0. The smallest absolute Gasteiger partial charge is 0.349 e. The fourth-order valence-corrected chi connectivity index (χ4v) is 4.70. The summed E-state index contributed by atoms with van der Waals surface area (Å²) in [5, 5.41) is 13.7. The number of nitrogens with zero attached hydrogens (tertiary/aromatic N) is 3. The van der Waals surface area contributed by atoms with Crippen molar-refractivity contribution in [3.63, 3.8) is 0 Å². The predicted octanol–water partition coefficient (Wildman–Crippen LogP) is 1.34. The molecule has 26 heavy (non-hydrogen) atoms. The quantitative estimate of drug-likeness (QED) is 0.415. The molecule has 2 rings (SSSR count). The summed E-state index contributed by atoms with van der Waals surface area (Å²) in [6.07, 6.45) is 1.48. The highest BCUT2D eigenvalue weighted by Crippen LogP contribution is 2.27. The Balaban J connectivity index is 2.29. The molecule has 1 aliphatic heterocycles. The Bertz CT molecular complexity index is 864. The molecule has 0 aromatic carbocycles. The summed E-state index contributed by atoms with van der Waals surface area (Å²) in [6, 6.07) is 1.63. The molecule has 0 bridgehead atoms. The van der Waals surface area contributed by atoms with Gasteiger partial charge in [-0.05, 0) is 33.3 Å². The minimum absolute atomic E-state index is 0.0554. The second kappa shape index (κ2) is 8.01. The molecule has 1 aromatic rings. The van der Waals surface area contributed by atoms with Crippen molar-refractivity contribution in [1.82, 2.24) is 9.78 Å². The van der Waals surface area contributed by atoms with Crippen LogP contribution >= 0.6 is 0 Å². The van der Waals surface area contributed by atoms with E-state index in [1.807, 2.05) is 6.07 Å². The van der Waals surface area contributed by atoms with Gasteiger partial charge in [-0.2, -0.15) is 10.4 Å². The maximum Gasteiger partial charge on any atom is 0.349 e. The summed E-state index contributed by atoms with van der Waals surface area (Å²) in [4.78, 5) is 12.2. The molecular formula is C17H23N3O5S. The van der Waals surface area contributed by atoms with Crippen molar-refractivity contribution in [2.45, 2.75) is 39.3 Å². The van der Waals surface area contributed by atoms with Crippen LogP contribution < -0.4 is 0 Å². The first-order chi connectivity index (χ1) is 12.2. The fourth-order valence-electron chi connectivity index (χ4n) is 3.00. The third-order valence-corrected chi connectivity index (χ3v) is 6.02. The van der Waals surface area contributed by atoms with Gasteiger partial charge in [0.1, 0.15) is 17.7 Å². The minimum atomic E-state index is -3.04. The van der Waals surface area contributed by atoms with Crippen molar-refractivity contribution in [1.29, 1.82) is 5.26 Å². The molecule has 0 amide bonds. The molecule has 1 fully saturated rings. The molecule has 2 heterocycles. The Hall–Kier alpha value is -2.18. The van der Waals surface area contributed by atoms with Gasteiger partial charge in [-0.3, -0.25) is 4.68 Å². The average Bonchev–Trinajstić information content (AvgIpc) is 3.05. The monoisotopic (exact) mass is 381 g/mol. The summed E-state index contributed by atoms with van der Waals surface area (Å²) in [6.45, 7) is 5.46. The fraction of sp³-hybridized carbons (Fsp3) is 0.588. The van der Waals surface area contributed by atoms with E-state index in [1.165, 1.54) is 13.2 Å². The van der Waals surface area contributed by atoms with E-state index in [0.717, 1.165) is 5.69 Å². The molecule has 0 saturated carbocycles. The lowest BCUT2D eigenvalue weighted by Gasteiger charge is -2.12. The summed E-state index contributed by atoms with van der Waals surface area (Å²) in [5.41, 5.74) is 1.83. The van der Waals surface area contributed by atoms with Crippen LogP contribution in [0.2, 0.25) is 0 Å². The van der Waals surface area contributed by atoms with Crippen LogP contribution in [0.3, 0.4) is 0 Å². The van der Waals surface area contributed by atoms with E-state index in [9.17, 15) is 18.5 Å². The maximum atomic E-state index is 12.2. The molecule has 2 atom stereocenters. The van der Waals surface area contributed by atoms with Crippen LogP contribution in [-0.2, 0) is 24.1 Å². The van der Waals surface area contributed by atoms with Crippen molar-refractivity contribution in [3.8, 4) is 6.07 Å². The molecule has 0 aliphatic carbocycles. The first kappa shape index (κ1) is 20.1. The van der Waals surface area contributed by atoms with Crippen LogP contribution in [0, 0.1) is 25.2 Å². The van der Waals surface area contributed by atoms with Crippen molar-refractivity contribution in [2.75, 3.05) is 25.2 Å². The van der Waals surface area contributed by atoms with Crippen LogP contribution in [0.1, 0.15) is 36.3 Å². The van der Waals surface area contributed by atoms with Gasteiger partial charge in [-0.15, -0.1) is 0 Å². The maximum absolute atomic E-state index is 12.2. The standard InChI is InChI=1S/C17H23N3O5S/c1-11(9-24-4)25-17(21)14(8-18)7-16-12(2)19-20(13(16)3)15-5-6-26(22,23)10-15/h7,11,15H,5-6,9-10H2,1-4H3/b14-7+/t11-,15-/m0/s1. The van der Waals surface area contributed by atoms with Crippen molar-refractivity contribution in [3.05, 3.63) is 22.5 Å². The van der Waals surface area contributed by atoms with E-state index in [1.54, 1.807) is 25.5 Å². The largest absolute Gasteiger partial charge is 0.456 e. The van der Waals surface area contributed by atoms with Gasteiger partial charge in [-0.1, -0.05) is 0 Å². The molecule has 1 aromatic heterocycles. The lowest BCUT2D eigenvalue weighted by atomic mass is 10.1. The third kappa shape index (κ3) is 4.51. The second-order valence-corrected chi connectivity index (χ2v) is 8.66. The molecule has 8 nitrogen and oxygen atoms in total. The first-order valence-corrected chi connectivity index (χ1v) is 10.1. The molecular weight excluding hydrogens is 358 g/mol. The molecule has 0 N–H and O–H groups in total. The summed E-state index contributed by atoms with van der Waals surface area (Å²) < 4.78 is 35.2. The van der Waals surface area contributed by atoms with Crippen LogP contribution in [0.4, 0.5) is 0 Å². The van der Waals surface area contributed by atoms with Gasteiger partial charge in [0.25, 0.3) is 0 Å². The zero-order valence-electron chi connectivity index (χ0n) is 15.4. The highest BCUT2D eigenvalue weighted by Gasteiger charge is 2.31.